The Labute approximate surface area is 224 Å². The van der Waals surface area contributed by atoms with Gasteiger partial charge in [-0.05, 0) is 42.8 Å². The lowest BCUT2D eigenvalue weighted by molar-refractivity contribution is -0.137. The van der Waals surface area contributed by atoms with Crippen LogP contribution in [0.3, 0.4) is 0 Å². The maximum Gasteiger partial charge on any atom is 0.417 e. The molecule has 2 heterocycles. The van der Waals surface area contributed by atoms with Crippen LogP contribution in [0.4, 0.5) is 23.2 Å². The quantitative estimate of drug-likeness (QED) is 0.178. The molecule has 40 heavy (non-hydrogen) atoms. The minimum Gasteiger partial charge on any atom is -0.461 e. The number of anilines is 1. The third-order valence-corrected chi connectivity index (χ3v) is 6.09. The number of hydrogen-bond donors (Lipinski definition) is 2. The molecule has 0 aliphatic rings. The summed E-state index contributed by atoms with van der Waals surface area (Å²) in [5.74, 6) is -3.31. The first-order valence-corrected chi connectivity index (χ1v) is 12.0. The second-order valence-corrected chi connectivity index (χ2v) is 8.62. The van der Waals surface area contributed by atoms with E-state index in [0.29, 0.717) is 22.0 Å². The fraction of sp³-hybridized carbons (Fsp3) is 0.103. The number of halogens is 4. The maximum absolute atomic E-state index is 15.1. The average Bonchev–Trinajstić information content (AvgIpc) is 3.39. The van der Waals surface area contributed by atoms with E-state index >= 15 is 4.39 Å². The lowest BCUT2D eigenvalue weighted by atomic mass is 9.99. The summed E-state index contributed by atoms with van der Waals surface area (Å²) in [4.78, 5) is 36.5. The standard InChI is InChI=1S/C29H20F4N4O3/c1-2-40-28(39)24-14-20-23(36-24)10-9-17(16-7-4-3-5-8-16)25(20)37-27(38)19-13-18(26-34-11-6-12-35-26)21(15-22(19)30)29(31,32)33/h3-15,36H,2H2,1H3,(H,37,38). The fourth-order valence-corrected chi connectivity index (χ4v) is 4.30. The second kappa shape index (κ2) is 10.6. The lowest BCUT2D eigenvalue weighted by Gasteiger charge is -2.16. The van der Waals surface area contributed by atoms with Gasteiger partial charge in [-0.2, -0.15) is 13.2 Å². The van der Waals surface area contributed by atoms with E-state index in [1.165, 1.54) is 24.5 Å². The molecule has 0 saturated heterocycles. The van der Waals surface area contributed by atoms with Crippen LogP contribution in [-0.4, -0.2) is 33.4 Å². The molecule has 2 N–H and O–H groups in total. The van der Waals surface area contributed by atoms with Crippen molar-refractivity contribution in [1.82, 2.24) is 15.0 Å². The van der Waals surface area contributed by atoms with Crippen molar-refractivity contribution in [2.45, 2.75) is 13.1 Å². The zero-order valence-electron chi connectivity index (χ0n) is 20.8. The number of aromatic nitrogens is 3. The molecular weight excluding hydrogens is 528 g/mol. The number of hydrogen-bond acceptors (Lipinski definition) is 5. The summed E-state index contributed by atoms with van der Waals surface area (Å²) in [5, 5.41) is 3.07. The molecule has 0 aliphatic carbocycles. The van der Waals surface area contributed by atoms with Crippen LogP contribution in [0.5, 0.6) is 0 Å². The molecule has 7 nitrogen and oxygen atoms in total. The molecular formula is C29H20F4N4O3. The van der Waals surface area contributed by atoms with Gasteiger partial charge < -0.3 is 15.0 Å². The summed E-state index contributed by atoms with van der Waals surface area (Å²) >= 11 is 0. The molecule has 0 aliphatic heterocycles. The molecule has 5 aromatic rings. The van der Waals surface area contributed by atoms with Gasteiger partial charge in [0.2, 0.25) is 0 Å². The number of ether oxygens (including phenoxy) is 1. The van der Waals surface area contributed by atoms with Gasteiger partial charge in [-0.15, -0.1) is 0 Å². The van der Waals surface area contributed by atoms with Crippen molar-refractivity contribution in [2.75, 3.05) is 11.9 Å². The third-order valence-electron chi connectivity index (χ3n) is 6.09. The van der Waals surface area contributed by atoms with Gasteiger partial charge in [0, 0.05) is 34.4 Å². The first-order valence-electron chi connectivity index (χ1n) is 12.0. The van der Waals surface area contributed by atoms with Crippen molar-refractivity contribution in [1.29, 1.82) is 0 Å². The summed E-state index contributed by atoms with van der Waals surface area (Å²) in [6, 6.07) is 16.3. The number of nitrogens with one attached hydrogen (secondary N) is 2. The molecule has 0 spiro atoms. The zero-order valence-corrected chi connectivity index (χ0v) is 20.8. The highest BCUT2D eigenvalue weighted by atomic mass is 19.4. The van der Waals surface area contributed by atoms with Gasteiger partial charge in [0.1, 0.15) is 11.5 Å². The number of alkyl halides is 3. The SMILES string of the molecule is CCOC(=O)c1cc2c(NC(=O)c3cc(-c4ncccn4)c(C(F)(F)F)cc3F)c(-c3ccccc3)ccc2[nH]1. The Balaban J connectivity index is 1.65. The van der Waals surface area contributed by atoms with Gasteiger partial charge in [0.25, 0.3) is 5.91 Å². The number of esters is 1. The molecule has 0 bridgehead atoms. The van der Waals surface area contributed by atoms with Crippen LogP contribution in [0.1, 0.15) is 33.3 Å². The number of nitrogens with zero attached hydrogens (tertiary/aromatic N) is 2. The average molecular weight is 548 g/mol. The number of benzene rings is 3. The van der Waals surface area contributed by atoms with Gasteiger partial charge in [0.05, 0.1) is 23.4 Å². The van der Waals surface area contributed by atoms with E-state index in [-0.39, 0.29) is 29.9 Å². The van der Waals surface area contributed by atoms with Gasteiger partial charge in [-0.25, -0.2) is 19.2 Å². The van der Waals surface area contributed by atoms with Crippen molar-refractivity contribution in [3.05, 3.63) is 102 Å². The maximum atomic E-state index is 15.1. The smallest absolute Gasteiger partial charge is 0.417 e. The highest BCUT2D eigenvalue weighted by molar-refractivity contribution is 6.14. The Kier molecular flexibility index (Phi) is 7.03. The number of aromatic amines is 1. The molecule has 0 atom stereocenters. The molecule has 0 saturated carbocycles. The van der Waals surface area contributed by atoms with E-state index in [4.69, 9.17) is 4.74 Å². The lowest BCUT2D eigenvalue weighted by Crippen LogP contribution is -2.17. The number of H-pyrrole nitrogens is 1. The third kappa shape index (κ3) is 5.13. The minimum absolute atomic E-state index is 0.127. The number of carbonyl (C=O) groups excluding carboxylic acids is 2. The van der Waals surface area contributed by atoms with Crippen LogP contribution >= 0.6 is 0 Å². The first-order chi connectivity index (χ1) is 19.2. The van der Waals surface area contributed by atoms with Crippen molar-refractivity contribution in [3.63, 3.8) is 0 Å². The predicted molar refractivity (Wildman–Crippen MR) is 140 cm³/mol. The van der Waals surface area contributed by atoms with E-state index in [1.807, 2.05) is 0 Å². The number of rotatable bonds is 6. The number of carbonyl (C=O) groups is 2. The van der Waals surface area contributed by atoms with Crippen molar-refractivity contribution in [3.8, 4) is 22.5 Å². The molecule has 0 unspecified atom stereocenters. The highest BCUT2D eigenvalue weighted by Crippen LogP contribution is 2.39. The van der Waals surface area contributed by atoms with Crippen molar-refractivity contribution >= 4 is 28.5 Å². The van der Waals surface area contributed by atoms with Crippen molar-refractivity contribution < 1.29 is 31.9 Å². The Morgan fingerprint density at radius 1 is 0.950 bits per heavy atom. The van der Waals surface area contributed by atoms with E-state index in [1.54, 1.807) is 49.4 Å². The molecule has 5 rings (SSSR count). The van der Waals surface area contributed by atoms with E-state index < -0.39 is 40.6 Å². The van der Waals surface area contributed by atoms with Crippen LogP contribution in [0.2, 0.25) is 0 Å². The predicted octanol–water partition coefficient (Wildman–Crippen LogP) is 6.88. The van der Waals surface area contributed by atoms with Crippen LogP contribution in [-0.2, 0) is 10.9 Å². The molecule has 202 valence electrons. The van der Waals surface area contributed by atoms with Gasteiger partial charge in [0.15, 0.2) is 5.82 Å². The summed E-state index contributed by atoms with van der Waals surface area (Å²) in [7, 11) is 0. The van der Waals surface area contributed by atoms with Gasteiger partial charge in [-0.1, -0.05) is 36.4 Å². The van der Waals surface area contributed by atoms with Crippen LogP contribution < -0.4 is 5.32 Å². The molecule has 11 heteroatoms. The Morgan fingerprint density at radius 3 is 2.35 bits per heavy atom. The van der Waals surface area contributed by atoms with E-state index in [0.717, 1.165) is 6.07 Å². The van der Waals surface area contributed by atoms with Crippen LogP contribution in [0, 0.1) is 5.82 Å². The largest absolute Gasteiger partial charge is 0.461 e. The zero-order chi connectivity index (χ0) is 28.4. The number of fused-ring (bicyclic) bond motifs is 1. The summed E-state index contributed by atoms with van der Waals surface area (Å²) in [6.45, 7) is 1.81. The fourth-order valence-electron chi connectivity index (χ4n) is 4.30. The van der Waals surface area contributed by atoms with Crippen LogP contribution in [0.15, 0.2) is 79.1 Å². The Hall–Kier alpha value is -5.06. The molecule has 2 aromatic heterocycles. The van der Waals surface area contributed by atoms with Gasteiger partial charge >= 0.3 is 12.1 Å². The molecule has 1 amide bonds. The summed E-state index contributed by atoms with van der Waals surface area (Å²) < 4.78 is 61.5. The van der Waals surface area contributed by atoms with Gasteiger partial charge in [-0.3, -0.25) is 4.79 Å². The number of amides is 1. The normalized spacial score (nSPS) is 11.4. The monoisotopic (exact) mass is 548 g/mol. The van der Waals surface area contributed by atoms with E-state index in [9.17, 15) is 22.8 Å². The summed E-state index contributed by atoms with van der Waals surface area (Å²) in [5.41, 5.74) is -0.451. The Bertz CT molecular complexity index is 1720. The summed E-state index contributed by atoms with van der Waals surface area (Å²) in [6.07, 6.45) is -2.44. The minimum atomic E-state index is -4.93. The molecule has 0 fully saturated rings. The first kappa shape index (κ1) is 26.5. The highest BCUT2D eigenvalue weighted by Gasteiger charge is 2.36. The molecule has 3 aromatic carbocycles. The van der Waals surface area contributed by atoms with Crippen LogP contribution in [0.25, 0.3) is 33.4 Å². The topological polar surface area (TPSA) is 97.0 Å². The Morgan fingerprint density at radius 2 is 1.68 bits per heavy atom. The van der Waals surface area contributed by atoms with Crippen molar-refractivity contribution in [2.24, 2.45) is 0 Å². The van der Waals surface area contributed by atoms with E-state index in [2.05, 4.69) is 20.3 Å². The second-order valence-electron chi connectivity index (χ2n) is 8.62. The molecule has 0 radical (unpaired) electrons.